The highest BCUT2D eigenvalue weighted by Crippen LogP contribution is 2.35. The molecule has 1 aliphatic rings. The fourth-order valence-corrected chi connectivity index (χ4v) is 3.66. The number of aromatic nitrogens is 1. The van der Waals surface area contributed by atoms with Crippen LogP contribution in [-0.4, -0.2) is 16.7 Å². The zero-order chi connectivity index (χ0) is 20.4. The number of ether oxygens (including phenoxy) is 1. The molecule has 1 atom stereocenters. The highest BCUT2D eigenvalue weighted by molar-refractivity contribution is 5.97. The molecule has 2 aromatic carbocycles. The van der Waals surface area contributed by atoms with Crippen LogP contribution in [0.2, 0.25) is 0 Å². The molecular formula is C24H22N2O3. The molecule has 29 heavy (non-hydrogen) atoms. The van der Waals surface area contributed by atoms with Gasteiger partial charge in [-0.1, -0.05) is 48.0 Å². The molecule has 0 fully saturated rings. The van der Waals surface area contributed by atoms with Gasteiger partial charge >= 0.3 is 0 Å². The van der Waals surface area contributed by atoms with Crippen LogP contribution in [0.3, 0.4) is 0 Å². The lowest BCUT2D eigenvalue weighted by atomic mass is 9.98. The Labute approximate surface area is 169 Å². The number of primary amides is 1. The number of aryl methyl sites for hydroxylation is 2. The van der Waals surface area contributed by atoms with Crippen molar-refractivity contribution >= 4 is 11.7 Å². The molecule has 0 saturated heterocycles. The van der Waals surface area contributed by atoms with E-state index in [2.05, 4.69) is 17.1 Å². The topological polar surface area (TPSA) is 82.3 Å². The average molecular weight is 386 g/mol. The molecule has 3 aromatic rings. The van der Waals surface area contributed by atoms with Crippen LogP contribution < -0.4 is 10.5 Å². The number of ketones is 1. The van der Waals surface area contributed by atoms with Crippen LogP contribution in [0.15, 0.2) is 60.9 Å². The Morgan fingerprint density at radius 2 is 1.86 bits per heavy atom. The minimum atomic E-state index is -0.535. The molecule has 0 radical (unpaired) electrons. The Morgan fingerprint density at radius 1 is 1.07 bits per heavy atom. The number of fused-ring (bicyclic) bond motifs is 1. The summed E-state index contributed by atoms with van der Waals surface area (Å²) in [6, 6.07) is 15.4. The van der Waals surface area contributed by atoms with Gasteiger partial charge in [0.1, 0.15) is 11.9 Å². The number of amides is 1. The highest BCUT2D eigenvalue weighted by atomic mass is 16.5. The molecule has 1 amide bonds. The van der Waals surface area contributed by atoms with Crippen LogP contribution in [-0.2, 0) is 12.8 Å². The summed E-state index contributed by atoms with van der Waals surface area (Å²) in [5.74, 6) is 0.0748. The minimum absolute atomic E-state index is 0.0961. The zero-order valence-corrected chi connectivity index (χ0v) is 16.2. The van der Waals surface area contributed by atoms with E-state index in [1.54, 1.807) is 12.3 Å². The van der Waals surface area contributed by atoms with Gasteiger partial charge in [-0.3, -0.25) is 14.6 Å². The van der Waals surface area contributed by atoms with E-state index in [1.807, 2.05) is 37.3 Å². The molecule has 2 N–H and O–H groups in total. The third-order valence-corrected chi connectivity index (χ3v) is 5.25. The van der Waals surface area contributed by atoms with Crippen LogP contribution >= 0.6 is 0 Å². The Morgan fingerprint density at radius 3 is 2.62 bits per heavy atom. The molecule has 1 aliphatic carbocycles. The number of nitrogens with zero attached hydrogens (tertiary/aromatic N) is 1. The molecule has 1 heterocycles. The molecule has 0 spiro atoms. The van der Waals surface area contributed by atoms with Crippen molar-refractivity contribution in [2.24, 2.45) is 5.73 Å². The first-order valence-corrected chi connectivity index (χ1v) is 9.62. The van der Waals surface area contributed by atoms with Crippen molar-refractivity contribution in [2.75, 3.05) is 0 Å². The molecule has 1 unspecified atom stereocenters. The summed E-state index contributed by atoms with van der Waals surface area (Å²) >= 11 is 0. The van der Waals surface area contributed by atoms with Gasteiger partial charge in [-0.15, -0.1) is 0 Å². The van der Waals surface area contributed by atoms with Gasteiger partial charge in [0.2, 0.25) is 5.91 Å². The lowest BCUT2D eigenvalue weighted by molar-refractivity contribution is 0.0987. The number of carbonyl (C=O) groups excluding carboxylic acids is 2. The largest absolute Gasteiger partial charge is 0.484 e. The molecule has 146 valence electrons. The first-order chi connectivity index (χ1) is 14.0. The lowest BCUT2D eigenvalue weighted by Gasteiger charge is -2.16. The Kier molecular flexibility index (Phi) is 5.12. The lowest BCUT2D eigenvalue weighted by Crippen LogP contribution is -2.12. The van der Waals surface area contributed by atoms with E-state index in [4.69, 9.17) is 10.5 Å². The van der Waals surface area contributed by atoms with E-state index >= 15 is 0 Å². The van der Waals surface area contributed by atoms with Crippen molar-refractivity contribution in [3.63, 3.8) is 0 Å². The van der Waals surface area contributed by atoms with Crippen LogP contribution in [0.5, 0.6) is 5.75 Å². The normalized spacial score (nSPS) is 15.0. The number of pyridine rings is 1. The fraction of sp³-hybridized carbons (Fsp3) is 0.208. The maximum absolute atomic E-state index is 12.6. The summed E-state index contributed by atoms with van der Waals surface area (Å²) in [4.78, 5) is 28.0. The molecule has 0 bridgehead atoms. The number of rotatable bonds is 6. The Hall–Kier alpha value is -3.47. The smallest absolute Gasteiger partial charge is 0.250 e. The summed E-state index contributed by atoms with van der Waals surface area (Å²) in [6.07, 6.45) is 4.97. The number of carbonyl (C=O) groups is 2. The maximum atomic E-state index is 12.6. The Bertz CT molecular complexity index is 1070. The second kappa shape index (κ2) is 7.87. The monoisotopic (exact) mass is 386 g/mol. The van der Waals surface area contributed by atoms with Crippen molar-refractivity contribution in [3.8, 4) is 5.75 Å². The van der Waals surface area contributed by atoms with E-state index in [9.17, 15) is 9.59 Å². The van der Waals surface area contributed by atoms with E-state index in [0.717, 1.165) is 35.1 Å². The SMILES string of the molecule is Cc1ccc(C(=O)Cc2ccc3c(c2)C(Oc2cncc(C(N)=O)c2)CC3)cc1. The van der Waals surface area contributed by atoms with Crippen molar-refractivity contribution in [3.05, 3.63) is 94.3 Å². The quantitative estimate of drug-likeness (QED) is 0.650. The molecule has 5 heteroatoms. The van der Waals surface area contributed by atoms with Crippen molar-refractivity contribution in [1.29, 1.82) is 0 Å². The maximum Gasteiger partial charge on any atom is 0.250 e. The van der Waals surface area contributed by atoms with E-state index in [1.165, 1.54) is 11.8 Å². The van der Waals surface area contributed by atoms with E-state index < -0.39 is 5.91 Å². The van der Waals surface area contributed by atoms with E-state index in [-0.39, 0.29) is 11.9 Å². The standard InChI is InChI=1S/C24H22N2O3/c1-15-2-5-18(6-3-15)22(27)11-16-4-7-17-8-9-23(21(17)10-16)29-20-12-19(24(25)28)13-26-14-20/h2-7,10,12-14,23H,8-9,11H2,1H3,(H2,25,28). The van der Waals surface area contributed by atoms with Crippen molar-refractivity contribution in [2.45, 2.75) is 32.3 Å². The first kappa shape index (κ1) is 18.9. The number of nitrogens with two attached hydrogens (primary N) is 1. The van der Waals surface area contributed by atoms with Gasteiger partial charge in [0, 0.05) is 18.2 Å². The molecule has 1 aromatic heterocycles. The summed E-state index contributed by atoms with van der Waals surface area (Å²) in [6.45, 7) is 2.00. The number of Topliss-reactive ketones (excluding diaryl/α,β-unsaturated/α-hetero) is 1. The van der Waals surface area contributed by atoms with Gasteiger partial charge in [0.25, 0.3) is 0 Å². The molecule has 0 aliphatic heterocycles. The van der Waals surface area contributed by atoms with Gasteiger partial charge < -0.3 is 10.5 Å². The fourth-order valence-electron chi connectivity index (χ4n) is 3.66. The van der Waals surface area contributed by atoms with Crippen LogP contribution in [0.1, 0.15) is 55.5 Å². The molecule has 5 nitrogen and oxygen atoms in total. The van der Waals surface area contributed by atoms with Gasteiger partial charge in [-0.05, 0) is 42.5 Å². The minimum Gasteiger partial charge on any atom is -0.484 e. The third-order valence-electron chi connectivity index (χ3n) is 5.25. The van der Waals surface area contributed by atoms with Crippen molar-refractivity contribution in [1.82, 2.24) is 4.98 Å². The van der Waals surface area contributed by atoms with E-state index in [0.29, 0.717) is 17.7 Å². The molecule has 4 rings (SSSR count). The van der Waals surface area contributed by atoms with Gasteiger partial charge in [0.05, 0.1) is 11.8 Å². The highest BCUT2D eigenvalue weighted by Gasteiger charge is 2.25. The second-order valence-corrected chi connectivity index (χ2v) is 7.42. The summed E-state index contributed by atoms with van der Waals surface area (Å²) in [5, 5.41) is 0. The van der Waals surface area contributed by atoms with Crippen LogP contribution in [0, 0.1) is 6.92 Å². The van der Waals surface area contributed by atoms with Gasteiger partial charge in [-0.25, -0.2) is 0 Å². The number of hydrogen-bond donors (Lipinski definition) is 1. The van der Waals surface area contributed by atoms with Crippen LogP contribution in [0.4, 0.5) is 0 Å². The molecular weight excluding hydrogens is 364 g/mol. The Balaban J connectivity index is 1.52. The zero-order valence-electron chi connectivity index (χ0n) is 16.2. The molecule has 0 saturated carbocycles. The third kappa shape index (κ3) is 4.19. The summed E-state index contributed by atoms with van der Waals surface area (Å²) < 4.78 is 6.10. The summed E-state index contributed by atoms with van der Waals surface area (Å²) in [5.41, 5.74) is 10.8. The van der Waals surface area contributed by atoms with Gasteiger partial charge in [0.15, 0.2) is 5.78 Å². The van der Waals surface area contributed by atoms with Crippen molar-refractivity contribution < 1.29 is 14.3 Å². The number of hydrogen-bond acceptors (Lipinski definition) is 4. The summed E-state index contributed by atoms with van der Waals surface area (Å²) in [7, 11) is 0. The average Bonchev–Trinajstić information content (AvgIpc) is 3.10. The van der Waals surface area contributed by atoms with Crippen LogP contribution in [0.25, 0.3) is 0 Å². The predicted octanol–water partition coefficient (Wildman–Crippen LogP) is 3.98. The van der Waals surface area contributed by atoms with Gasteiger partial charge in [-0.2, -0.15) is 0 Å². The predicted molar refractivity (Wildman–Crippen MR) is 110 cm³/mol. The number of benzene rings is 2. The first-order valence-electron chi connectivity index (χ1n) is 9.62. The second-order valence-electron chi connectivity index (χ2n) is 7.42.